The lowest BCUT2D eigenvalue weighted by molar-refractivity contribution is 0.0702. The summed E-state index contributed by atoms with van der Waals surface area (Å²) in [5.41, 5.74) is 2.59. The predicted octanol–water partition coefficient (Wildman–Crippen LogP) is 4.44. The van der Waals surface area contributed by atoms with E-state index >= 15 is 0 Å². The number of benzene rings is 1. The van der Waals surface area contributed by atoms with E-state index in [4.69, 9.17) is 5.11 Å². The van der Waals surface area contributed by atoms with Crippen LogP contribution < -0.4 is 5.32 Å². The predicted molar refractivity (Wildman–Crippen MR) is 90.9 cm³/mol. The average molecular weight is 315 g/mol. The van der Waals surface area contributed by atoms with E-state index in [2.05, 4.69) is 43.4 Å². The van der Waals surface area contributed by atoms with Crippen molar-refractivity contribution < 1.29 is 9.90 Å². The number of carboxylic acid groups (broad SMARTS) is 1. The first kappa shape index (κ1) is 15.1. The van der Waals surface area contributed by atoms with Crippen molar-refractivity contribution in [3.05, 3.63) is 51.7 Å². The Morgan fingerprint density at radius 2 is 2.09 bits per heavy atom. The van der Waals surface area contributed by atoms with Crippen LogP contribution in [-0.4, -0.2) is 16.6 Å². The fourth-order valence-electron chi connectivity index (χ4n) is 3.22. The van der Waals surface area contributed by atoms with Crippen LogP contribution in [0.15, 0.2) is 36.4 Å². The molecule has 4 heteroatoms. The second-order valence-corrected chi connectivity index (χ2v) is 7.51. The fraction of sp³-hybridized carbons (Fsp3) is 0.389. The summed E-state index contributed by atoms with van der Waals surface area (Å²) in [5, 5.41) is 12.9. The molecular weight excluding hydrogens is 294 g/mol. The van der Waals surface area contributed by atoms with Gasteiger partial charge >= 0.3 is 5.97 Å². The largest absolute Gasteiger partial charge is 0.477 e. The number of nitrogens with one attached hydrogen (secondary N) is 1. The van der Waals surface area contributed by atoms with E-state index in [0.29, 0.717) is 10.8 Å². The highest BCUT2D eigenvalue weighted by molar-refractivity contribution is 7.13. The molecule has 1 aliphatic heterocycles. The normalized spacial score (nSPS) is 20.5. The molecule has 3 rings (SSSR count). The smallest absolute Gasteiger partial charge is 0.345 e. The Balaban J connectivity index is 1.88. The van der Waals surface area contributed by atoms with Gasteiger partial charge in [-0.15, -0.1) is 11.3 Å². The Morgan fingerprint density at radius 3 is 2.77 bits per heavy atom. The maximum Gasteiger partial charge on any atom is 0.345 e. The van der Waals surface area contributed by atoms with Crippen LogP contribution in [0, 0.1) is 5.92 Å². The van der Waals surface area contributed by atoms with Crippen molar-refractivity contribution in [1.29, 1.82) is 0 Å². The number of thiophene rings is 1. The summed E-state index contributed by atoms with van der Waals surface area (Å²) in [6.07, 6.45) is 3.01. The third-order valence-corrected chi connectivity index (χ3v) is 5.78. The van der Waals surface area contributed by atoms with Gasteiger partial charge in [0.25, 0.3) is 0 Å². The van der Waals surface area contributed by atoms with Crippen LogP contribution in [0.1, 0.15) is 40.4 Å². The van der Waals surface area contributed by atoms with Gasteiger partial charge in [-0.1, -0.05) is 32.0 Å². The van der Waals surface area contributed by atoms with E-state index in [1.807, 2.05) is 6.07 Å². The Hall–Kier alpha value is -1.81. The maximum absolute atomic E-state index is 11.1. The van der Waals surface area contributed by atoms with E-state index in [1.54, 1.807) is 6.07 Å². The van der Waals surface area contributed by atoms with Crippen molar-refractivity contribution in [2.24, 2.45) is 5.92 Å². The summed E-state index contributed by atoms with van der Waals surface area (Å²) < 4.78 is 0. The van der Waals surface area contributed by atoms with E-state index in [9.17, 15) is 4.79 Å². The van der Waals surface area contributed by atoms with Crippen molar-refractivity contribution in [2.75, 3.05) is 5.32 Å². The quantitative estimate of drug-likeness (QED) is 0.877. The molecule has 22 heavy (non-hydrogen) atoms. The molecular formula is C18H21NO2S. The number of hydrogen-bond donors (Lipinski definition) is 2. The second-order valence-electron chi connectivity index (χ2n) is 6.34. The zero-order valence-electron chi connectivity index (χ0n) is 12.9. The molecule has 0 saturated carbocycles. The fourth-order valence-corrected chi connectivity index (χ4v) is 4.19. The first-order valence-electron chi connectivity index (χ1n) is 7.68. The number of carbonyl (C=O) groups is 1. The first-order chi connectivity index (χ1) is 10.5. The van der Waals surface area contributed by atoms with Gasteiger partial charge in [0, 0.05) is 22.5 Å². The van der Waals surface area contributed by atoms with Crippen molar-refractivity contribution in [2.45, 2.75) is 38.6 Å². The molecule has 1 aromatic heterocycles. The lowest BCUT2D eigenvalue weighted by Crippen LogP contribution is -2.48. The number of hydrogen-bond acceptors (Lipinski definition) is 3. The van der Waals surface area contributed by atoms with Crippen molar-refractivity contribution >= 4 is 23.0 Å². The number of aromatic carboxylic acids is 1. The highest BCUT2D eigenvalue weighted by Crippen LogP contribution is 2.38. The van der Waals surface area contributed by atoms with Gasteiger partial charge < -0.3 is 10.4 Å². The van der Waals surface area contributed by atoms with Gasteiger partial charge in [-0.3, -0.25) is 0 Å². The van der Waals surface area contributed by atoms with Gasteiger partial charge in [-0.2, -0.15) is 0 Å². The van der Waals surface area contributed by atoms with E-state index in [1.165, 1.54) is 22.6 Å². The van der Waals surface area contributed by atoms with Crippen LogP contribution in [-0.2, 0) is 12.8 Å². The Labute approximate surface area is 135 Å². The molecule has 1 aliphatic rings. The van der Waals surface area contributed by atoms with Gasteiger partial charge in [0.15, 0.2) is 0 Å². The third kappa shape index (κ3) is 2.75. The van der Waals surface area contributed by atoms with Crippen LogP contribution >= 0.6 is 11.3 Å². The molecule has 1 unspecified atom stereocenters. The number of anilines is 1. The zero-order chi connectivity index (χ0) is 15.7. The molecule has 0 spiro atoms. The molecule has 2 aromatic rings. The third-order valence-electron chi connectivity index (χ3n) is 4.71. The highest BCUT2D eigenvalue weighted by Gasteiger charge is 2.37. The molecule has 0 aliphatic carbocycles. The molecule has 1 atom stereocenters. The van der Waals surface area contributed by atoms with Crippen molar-refractivity contribution in [1.82, 2.24) is 0 Å². The van der Waals surface area contributed by atoms with E-state index < -0.39 is 5.97 Å². The van der Waals surface area contributed by atoms with Crippen LogP contribution in [0.3, 0.4) is 0 Å². The Bertz CT molecular complexity index is 692. The highest BCUT2D eigenvalue weighted by atomic mass is 32.1. The zero-order valence-corrected chi connectivity index (χ0v) is 13.7. The SMILES string of the molecule is CC(C)C1(Cc2ccc(C(=O)O)s2)CCc2ccccc2N1. The van der Waals surface area contributed by atoms with Crippen molar-refractivity contribution in [3.8, 4) is 0 Å². The van der Waals surface area contributed by atoms with Crippen molar-refractivity contribution in [3.63, 3.8) is 0 Å². The van der Waals surface area contributed by atoms with E-state index in [-0.39, 0.29) is 5.54 Å². The number of fused-ring (bicyclic) bond motifs is 1. The average Bonchev–Trinajstić information content (AvgIpc) is 2.95. The summed E-state index contributed by atoms with van der Waals surface area (Å²) in [7, 11) is 0. The molecule has 3 nitrogen and oxygen atoms in total. The monoisotopic (exact) mass is 315 g/mol. The standard InChI is InChI=1S/C18H21NO2S/c1-12(2)18(11-14-7-8-16(22-14)17(20)21)10-9-13-5-3-4-6-15(13)19-18/h3-8,12,19H,9-11H2,1-2H3,(H,20,21). The summed E-state index contributed by atoms with van der Waals surface area (Å²) in [4.78, 5) is 12.6. The molecule has 0 radical (unpaired) electrons. The molecule has 2 N–H and O–H groups in total. The molecule has 0 bridgehead atoms. The lowest BCUT2D eigenvalue weighted by atomic mass is 9.75. The summed E-state index contributed by atoms with van der Waals surface area (Å²) in [6.45, 7) is 4.49. The summed E-state index contributed by atoms with van der Waals surface area (Å²) >= 11 is 1.39. The van der Waals surface area contributed by atoms with Gasteiger partial charge in [0.05, 0.1) is 0 Å². The topological polar surface area (TPSA) is 49.3 Å². The molecule has 0 saturated heterocycles. The number of aryl methyl sites for hydroxylation is 1. The maximum atomic E-state index is 11.1. The van der Waals surface area contributed by atoms with Gasteiger partial charge in [-0.25, -0.2) is 4.79 Å². The number of rotatable bonds is 4. The number of para-hydroxylation sites is 1. The minimum absolute atomic E-state index is 0.00498. The minimum atomic E-state index is -0.836. The Morgan fingerprint density at radius 1 is 1.32 bits per heavy atom. The number of carboxylic acids is 1. The van der Waals surface area contributed by atoms with Crippen LogP contribution in [0.4, 0.5) is 5.69 Å². The van der Waals surface area contributed by atoms with Crippen LogP contribution in [0.5, 0.6) is 0 Å². The summed E-state index contributed by atoms with van der Waals surface area (Å²) in [6, 6.07) is 12.1. The van der Waals surface area contributed by atoms with Crippen LogP contribution in [0.2, 0.25) is 0 Å². The molecule has 2 heterocycles. The van der Waals surface area contributed by atoms with Crippen LogP contribution in [0.25, 0.3) is 0 Å². The molecule has 1 aromatic carbocycles. The minimum Gasteiger partial charge on any atom is -0.477 e. The first-order valence-corrected chi connectivity index (χ1v) is 8.50. The molecule has 116 valence electrons. The van der Waals surface area contributed by atoms with Gasteiger partial charge in [0.1, 0.15) is 4.88 Å². The van der Waals surface area contributed by atoms with E-state index in [0.717, 1.165) is 24.1 Å². The van der Waals surface area contributed by atoms with Gasteiger partial charge in [-0.05, 0) is 42.5 Å². The Kier molecular flexibility index (Phi) is 3.96. The summed E-state index contributed by atoms with van der Waals surface area (Å²) in [5.74, 6) is -0.368. The van der Waals surface area contributed by atoms with Gasteiger partial charge in [0.2, 0.25) is 0 Å². The molecule has 0 fully saturated rings. The molecule has 0 amide bonds. The lowest BCUT2D eigenvalue weighted by Gasteiger charge is -2.43. The second kappa shape index (κ2) is 5.76.